The zero-order valence-corrected chi connectivity index (χ0v) is 21.9. The molecule has 0 radical (unpaired) electrons. The van der Waals surface area contributed by atoms with Gasteiger partial charge in [0, 0.05) is 21.9 Å². The maximum atomic E-state index is 6.49. The molecule has 0 fully saturated rings. The Morgan fingerprint density at radius 2 is 1.07 bits per heavy atom. The highest BCUT2D eigenvalue weighted by Crippen LogP contribution is 2.39. The van der Waals surface area contributed by atoms with Crippen LogP contribution in [0.5, 0.6) is 0 Å². The Morgan fingerprint density at radius 1 is 0.475 bits per heavy atom. The Kier molecular flexibility index (Phi) is 5.15. The molecular formula is C35H20ClN3O. The molecule has 0 N–H and O–H groups in total. The molecular weight excluding hydrogens is 514 g/mol. The molecule has 0 aliphatic carbocycles. The summed E-state index contributed by atoms with van der Waals surface area (Å²) in [6.45, 7) is 0. The molecule has 0 saturated carbocycles. The van der Waals surface area contributed by atoms with Gasteiger partial charge in [-0.25, -0.2) is 4.98 Å². The van der Waals surface area contributed by atoms with Crippen molar-refractivity contribution >= 4 is 55.1 Å². The molecule has 0 amide bonds. The van der Waals surface area contributed by atoms with Gasteiger partial charge in [-0.1, -0.05) is 103 Å². The SMILES string of the molecule is Clc1nc(-c2cccc3ccccc23)nc(-c2cccc3oc4cc(-c5cccc6ccccc56)ccc4c23)n1. The van der Waals surface area contributed by atoms with Crippen molar-refractivity contribution in [3.63, 3.8) is 0 Å². The fourth-order valence-electron chi connectivity index (χ4n) is 5.67. The van der Waals surface area contributed by atoms with Crippen LogP contribution in [-0.2, 0) is 0 Å². The Hall–Kier alpha value is -5.06. The van der Waals surface area contributed by atoms with Crippen LogP contribution in [0.1, 0.15) is 0 Å². The summed E-state index contributed by atoms with van der Waals surface area (Å²) < 4.78 is 6.39. The van der Waals surface area contributed by atoms with Gasteiger partial charge in [0.15, 0.2) is 11.6 Å². The van der Waals surface area contributed by atoms with Gasteiger partial charge in [0.2, 0.25) is 5.28 Å². The van der Waals surface area contributed by atoms with Gasteiger partial charge in [-0.05, 0) is 62.5 Å². The van der Waals surface area contributed by atoms with Gasteiger partial charge in [0.1, 0.15) is 11.2 Å². The first-order valence-electron chi connectivity index (χ1n) is 13.1. The van der Waals surface area contributed by atoms with Crippen LogP contribution in [0.15, 0.2) is 126 Å². The molecule has 0 unspecified atom stereocenters. The highest BCUT2D eigenvalue weighted by molar-refractivity contribution is 6.28. The van der Waals surface area contributed by atoms with E-state index in [4.69, 9.17) is 21.0 Å². The summed E-state index contributed by atoms with van der Waals surface area (Å²) in [7, 11) is 0. The third-order valence-corrected chi connectivity index (χ3v) is 7.65. The maximum absolute atomic E-state index is 6.49. The predicted octanol–water partition coefficient (Wildman–Crippen LogP) is 9.73. The second kappa shape index (κ2) is 9.01. The Labute approximate surface area is 234 Å². The molecule has 0 bridgehead atoms. The average Bonchev–Trinajstić information content (AvgIpc) is 3.38. The maximum Gasteiger partial charge on any atom is 0.226 e. The van der Waals surface area contributed by atoms with E-state index in [1.165, 1.54) is 16.3 Å². The molecule has 4 nitrogen and oxygen atoms in total. The quantitative estimate of drug-likeness (QED) is 0.227. The highest BCUT2D eigenvalue weighted by atomic mass is 35.5. The number of hydrogen-bond donors (Lipinski definition) is 0. The van der Waals surface area contributed by atoms with Crippen LogP contribution in [-0.4, -0.2) is 15.0 Å². The molecule has 2 aromatic heterocycles. The fourth-order valence-corrected chi connectivity index (χ4v) is 5.83. The smallest absolute Gasteiger partial charge is 0.226 e. The van der Waals surface area contributed by atoms with Gasteiger partial charge >= 0.3 is 0 Å². The molecule has 188 valence electrons. The number of rotatable bonds is 3. The van der Waals surface area contributed by atoms with Crippen molar-refractivity contribution in [2.24, 2.45) is 0 Å². The molecule has 0 atom stereocenters. The van der Waals surface area contributed by atoms with Gasteiger partial charge in [-0.3, -0.25) is 0 Å². The molecule has 0 spiro atoms. The monoisotopic (exact) mass is 533 g/mol. The number of fused-ring (bicyclic) bond motifs is 5. The second-order valence-corrected chi connectivity index (χ2v) is 10.1. The second-order valence-electron chi connectivity index (χ2n) is 9.80. The number of hydrogen-bond acceptors (Lipinski definition) is 4. The summed E-state index contributed by atoms with van der Waals surface area (Å²) in [6.07, 6.45) is 0. The number of nitrogens with zero attached hydrogens (tertiary/aromatic N) is 3. The Balaban J connectivity index is 1.31. The minimum absolute atomic E-state index is 0.149. The van der Waals surface area contributed by atoms with Crippen LogP contribution in [0, 0.1) is 0 Å². The summed E-state index contributed by atoms with van der Waals surface area (Å²) in [5.41, 5.74) is 5.61. The zero-order valence-electron chi connectivity index (χ0n) is 21.2. The zero-order chi connectivity index (χ0) is 26.6. The third kappa shape index (κ3) is 3.65. The van der Waals surface area contributed by atoms with Crippen molar-refractivity contribution in [2.45, 2.75) is 0 Å². The van der Waals surface area contributed by atoms with E-state index in [0.29, 0.717) is 11.6 Å². The van der Waals surface area contributed by atoms with E-state index in [1.807, 2.05) is 42.5 Å². The van der Waals surface area contributed by atoms with Crippen molar-refractivity contribution in [3.8, 4) is 33.9 Å². The Morgan fingerprint density at radius 3 is 1.85 bits per heavy atom. The highest BCUT2D eigenvalue weighted by Gasteiger charge is 2.18. The molecule has 40 heavy (non-hydrogen) atoms. The summed E-state index contributed by atoms with van der Waals surface area (Å²) >= 11 is 6.49. The number of furan rings is 1. The van der Waals surface area contributed by atoms with E-state index in [-0.39, 0.29) is 5.28 Å². The van der Waals surface area contributed by atoms with Crippen LogP contribution in [0.2, 0.25) is 5.28 Å². The van der Waals surface area contributed by atoms with Crippen LogP contribution in [0.25, 0.3) is 77.4 Å². The minimum Gasteiger partial charge on any atom is -0.456 e. The lowest BCUT2D eigenvalue weighted by Crippen LogP contribution is -1.98. The Bertz CT molecular complexity index is 2240. The van der Waals surface area contributed by atoms with Crippen LogP contribution in [0.4, 0.5) is 0 Å². The third-order valence-electron chi connectivity index (χ3n) is 7.48. The van der Waals surface area contributed by atoms with E-state index in [9.17, 15) is 0 Å². The molecule has 8 aromatic rings. The summed E-state index contributed by atoms with van der Waals surface area (Å²) in [5, 5.41) is 6.69. The largest absolute Gasteiger partial charge is 0.456 e. The van der Waals surface area contributed by atoms with E-state index < -0.39 is 0 Å². The lowest BCUT2D eigenvalue weighted by atomic mass is 9.97. The van der Waals surface area contributed by atoms with Crippen molar-refractivity contribution < 1.29 is 4.42 Å². The molecule has 0 aliphatic rings. The summed E-state index contributed by atoms with van der Waals surface area (Å²) in [5.74, 6) is 1.05. The van der Waals surface area contributed by atoms with Gasteiger partial charge in [-0.2, -0.15) is 9.97 Å². The number of benzene rings is 6. The molecule has 5 heteroatoms. The molecule has 2 heterocycles. The van der Waals surface area contributed by atoms with Crippen molar-refractivity contribution in [1.82, 2.24) is 15.0 Å². The first kappa shape index (κ1) is 22.9. The van der Waals surface area contributed by atoms with Crippen LogP contribution in [0.3, 0.4) is 0 Å². The van der Waals surface area contributed by atoms with Gasteiger partial charge < -0.3 is 4.42 Å². The van der Waals surface area contributed by atoms with E-state index >= 15 is 0 Å². The summed E-state index contributed by atoms with van der Waals surface area (Å²) in [4.78, 5) is 14.0. The van der Waals surface area contributed by atoms with Crippen molar-refractivity contribution in [1.29, 1.82) is 0 Å². The van der Waals surface area contributed by atoms with E-state index in [0.717, 1.165) is 49.4 Å². The lowest BCUT2D eigenvalue weighted by Gasteiger charge is -2.09. The predicted molar refractivity (Wildman–Crippen MR) is 163 cm³/mol. The first-order chi connectivity index (χ1) is 19.7. The number of halogens is 1. The normalized spacial score (nSPS) is 11.6. The topological polar surface area (TPSA) is 51.8 Å². The van der Waals surface area contributed by atoms with Gasteiger partial charge in [0.05, 0.1) is 0 Å². The van der Waals surface area contributed by atoms with Crippen molar-refractivity contribution in [3.05, 3.63) is 127 Å². The van der Waals surface area contributed by atoms with Crippen LogP contribution < -0.4 is 0 Å². The number of aromatic nitrogens is 3. The molecule has 0 saturated heterocycles. The van der Waals surface area contributed by atoms with E-state index in [2.05, 4.69) is 88.8 Å². The fraction of sp³-hybridized carbons (Fsp3) is 0. The van der Waals surface area contributed by atoms with Crippen LogP contribution >= 0.6 is 11.6 Å². The molecule has 0 aliphatic heterocycles. The van der Waals surface area contributed by atoms with Gasteiger partial charge in [0.25, 0.3) is 0 Å². The lowest BCUT2D eigenvalue weighted by molar-refractivity contribution is 0.669. The standard InChI is InChI=1S/C35H20ClN3O/c36-35-38-33(27-15-6-11-22-9-2-4-13-25(22)27)37-34(39-35)29-16-7-17-30-32(29)28-19-18-23(20-31(28)40-30)26-14-5-10-21-8-1-3-12-24(21)26/h1-20H. The van der Waals surface area contributed by atoms with Crippen molar-refractivity contribution in [2.75, 3.05) is 0 Å². The minimum atomic E-state index is 0.149. The first-order valence-corrected chi connectivity index (χ1v) is 13.4. The van der Waals surface area contributed by atoms with Gasteiger partial charge in [-0.15, -0.1) is 0 Å². The van der Waals surface area contributed by atoms with E-state index in [1.54, 1.807) is 0 Å². The molecule has 8 rings (SSSR count). The summed E-state index contributed by atoms with van der Waals surface area (Å²) in [6, 6.07) is 41.4. The average molecular weight is 534 g/mol. The molecule has 6 aromatic carbocycles.